The zero-order valence-electron chi connectivity index (χ0n) is 11.6. The van der Waals surface area contributed by atoms with E-state index in [1.165, 1.54) is 0 Å². The van der Waals surface area contributed by atoms with E-state index in [4.69, 9.17) is 4.42 Å². The van der Waals surface area contributed by atoms with E-state index in [0.29, 0.717) is 11.8 Å². The molecule has 106 valence electrons. The van der Waals surface area contributed by atoms with Gasteiger partial charge in [0.1, 0.15) is 0 Å². The van der Waals surface area contributed by atoms with Gasteiger partial charge in [-0.05, 0) is 31.9 Å². The molecular weight excluding hydrogens is 254 g/mol. The standard InChI is InChI=1S/C15H19N3O2/c1-11(18-9-7-13(19)8-10-18)14-16-17-15(20-14)12-5-3-2-4-6-12/h2-6,11,13,19H,7-10H2,1H3. The smallest absolute Gasteiger partial charge is 0.247 e. The van der Waals surface area contributed by atoms with Gasteiger partial charge in [-0.1, -0.05) is 18.2 Å². The Hall–Kier alpha value is -1.72. The summed E-state index contributed by atoms with van der Waals surface area (Å²) in [4.78, 5) is 2.27. The van der Waals surface area contributed by atoms with Gasteiger partial charge in [0.2, 0.25) is 11.8 Å². The van der Waals surface area contributed by atoms with E-state index >= 15 is 0 Å². The van der Waals surface area contributed by atoms with Crippen molar-refractivity contribution in [2.45, 2.75) is 31.9 Å². The highest BCUT2D eigenvalue weighted by atomic mass is 16.4. The zero-order valence-corrected chi connectivity index (χ0v) is 11.6. The third-order valence-electron chi connectivity index (χ3n) is 3.87. The van der Waals surface area contributed by atoms with Crippen molar-refractivity contribution >= 4 is 0 Å². The van der Waals surface area contributed by atoms with Crippen LogP contribution in [0.1, 0.15) is 31.7 Å². The molecule has 5 nitrogen and oxygen atoms in total. The summed E-state index contributed by atoms with van der Waals surface area (Å²) >= 11 is 0. The largest absolute Gasteiger partial charge is 0.419 e. The minimum absolute atomic E-state index is 0.0902. The highest BCUT2D eigenvalue weighted by Gasteiger charge is 2.25. The molecule has 2 aromatic rings. The Morgan fingerprint density at radius 1 is 1.20 bits per heavy atom. The molecule has 0 aliphatic carbocycles. The molecule has 0 spiro atoms. The van der Waals surface area contributed by atoms with Crippen LogP contribution in [0.3, 0.4) is 0 Å². The lowest BCUT2D eigenvalue weighted by atomic mass is 10.1. The maximum Gasteiger partial charge on any atom is 0.247 e. The van der Waals surface area contributed by atoms with E-state index in [1.807, 2.05) is 30.3 Å². The first-order valence-electron chi connectivity index (χ1n) is 7.05. The van der Waals surface area contributed by atoms with Crippen LogP contribution in [0.2, 0.25) is 0 Å². The van der Waals surface area contributed by atoms with Gasteiger partial charge in [-0.3, -0.25) is 4.90 Å². The quantitative estimate of drug-likeness (QED) is 0.929. The summed E-state index contributed by atoms with van der Waals surface area (Å²) in [6, 6.07) is 9.87. The third kappa shape index (κ3) is 2.73. The number of hydrogen-bond donors (Lipinski definition) is 1. The highest BCUT2D eigenvalue weighted by Crippen LogP contribution is 2.26. The van der Waals surface area contributed by atoms with E-state index in [0.717, 1.165) is 31.5 Å². The molecule has 0 amide bonds. The summed E-state index contributed by atoms with van der Waals surface area (Å²) in [6.07, 6.45) is 1.45. The fourth-order valence-corrected chi connectivity index (χ4v) is 2.53. The molecule has 1 aliphatic rings. The summed E-state index contributed by atoms with van der Waals surface area (Å²) in [5, 5.41) is 17.8. The Labute approximate surface area is 118 Å². The molecule has 1 unspecified atom stereocenters. The van der Waals surface area contributed by atoms with Gasteiger partial charge in [0, 0.05) is 18.7 Å². The van der Waals surface area contributed by atoms with E-state index in [-0.39, 0.29) is 12.1 Å². The number of hydrogen-bond acceptors (Lipinski definition) is 5. The second-order valence-electron chi connectivity index (χ2n) is 5.25. The van der Waals surface area contributed by atoms with Crippen molar-refractivity contribution in [2.75, 3.05) is 13.1 Å². The normalized spacial score (nSPS) is 19.1. The Balaban J connectivity index is 1.73. The van der Waals surface area contributed by atoms with Gasteiger partial charge in [0.05, 0.1) is 12.1 Å². The van der Waals surface area contributed by atoms with Gasteiger partial charge in [0.15, 0.2) is 0 Å². The summed E-state index contributed by atoms with van der Waals surface area (Å²) < 4.78 is 5.79. The number of aromatic nitrogens is 2. The number of benzene rings is 1. The molecular formula is C15H19N3O2. The second kappa shape index (κ2) is 5.73. The molecule has 1 N–H and O–H groups in total. The summed E-state index contributed by atoms with van der Waals surface area (Å²) in [7, 11) is 0. The Morgan fingerprint density at radius 2 is 1.90 bits per heavy atom. The topological polar surface area (TPSA) is 62.4 Å². The zero-order chi connectivity index (χ0) is 13.9. The first kappa shape index (κ1) is 13.3. The molecule has 0 bridgehead atoms. The Bertz CT molecular complexity index is 547. The summed E-state index contributed by atoms with van der Waals surface area (Å²) in [5.74, 6) is 1.20. The molecule has 2 heterocycles. The number of aliphatic hydroxyl groups excluding tert-OH is 1. The van der Waals surface area contributed by atoms with Crippen LogP contribution in [0.25, 0.3) is 11.5 Å². The van der Waals surface area contributed by atoms with Crippen molar-refractivity contribution < 1.29 is 9.52 Å². The monoisotopic (exact) mass is 273 g/mol. The minimum Gasteiger partial charge on any atom is -0.419 e. The van der Waals surface area contributed by atoms with Crippen molar-refractivity contribution in [3.8, 4) is 11.5 Å². The van der Waals surface area contributed by atoms with Crippen LogP contribution >= 0.6 is 0 Å². The molecule has 20 heavy (non-hydrogen) atoms. The predicted molar refractivity (Wildman–Crippen MR) is 75.0 cm³/mol. The molecule has 0 radical (unpaired) electrons. The number of nitrogens with zero attached hydrogens (tertiary/aromatic N) is 3. The maximum atomic E-state index is 9.55. The van der Waals surface area contributed by atoms with E-state index in [1.54, 1.807) is 0 Å². The van der Waals surface area contributed by atoms with Gasteiger partial charge in [-0.2, -0.15) is 0 Å². The summed E-state index contributed by atoms with van der Waals surface area (Å²) in [6.45, 7) is 3.80. The van der Waals surface area contributed by atoms with Crippen LogP contribution in [0.5, 0.6) is 0 Å². The lowest BCUT2D eigenvalue weighted by Gasteiger charge is -2.32. The van der Waals surface area contributed by atoms with Crippen LogP contribution in [-0.4, -0.2) is 39.4 Å². The Morgan fingerprint density at radius 3 is 2.60 bits per heavy atom. The maximum absolute atomic E-state index is 9.55. The average molecular weight is 273 g/mol. The molecule has 0 saturated carbocycles. The number of rotatable bonds is 3. The van der Waals surface area contributed by atoms with E-state index in [9.17, 15) is 5.11 Å². The van der Waals surface area contributed by atoms with Gasteiger partial charge in [-0.25, -0.2) is 0 Å². The molecule has 5 heteroatoms. The Kier molecular flexibility index (Phi) is 3.80. The van der Waals surface area contributed by atoms with Crippen LogP contribution < -0.4 is 0 Å². The SMILES string of the molecule is CC(c1nnc(-c2ccccc2)o1)N1CCC(O)CC1. The summed E-state index contributed by atoms with van der Waals surface area (Å²) in [5.41, 5.74) is 0.938. The van der Waals surface area contributed by atoms with Crippen molar-refractivity contribution in [1.82, 2.24) is 15.1 Å². The molecule has 1 aromatic carbocycles. The van der Waals surface area contributed by atoms with Crippen LogP contribution in [0.15, 0.2) is 34.7 Å². The van der Waals surface area contributed by atoms with E-state index < -0.39 is 0 Å². The number of piperidine rings is 1. The first-order valence-corrected chi connectivity index (χ1v) is 7.05. The molecule has 1 aliphatic heterocycles. The number of likely N-dealkylation sites (tertiary alicyclic amines) is 1. The lowest BCUT2D eigenvalue weighted by molar-refractivity contribution is 0.0582. The number of aliphatic hydroxyl groups is 1. The average Bonchev–Trinajstić information content (AvgIpc) is 2.98. The van der Waals surface area contributed by atoms with Crippen molar-refractivity contribution in [3.63, 3.8) is 0 Å². The van der Waals surface area contributed by atoms with E-state index in [2.05, 4.69) is 22.0 Å². The fraction of sp³-hybridized carbons (Fsp3) is 0.467. The van der Waals surface area contributed by atoms with Gasteiger partial charge < -0.3 is 9.52 Å². The van der Waals surface area contributed by atoms with Gasteiger partial charge in [0.25, 0.3) is 0 Å². The predicted octanol–water partition coefficient (Wildman–Crippen LogP) is 2.25. The van der Waals surface area contributed by atoms with Gasteiger partial charge >= 0.3 is 0 Å². The van der Waals surface area contributed by atoms with Crippen LogP contribution in [-0.2, 0) is 0 Å². The van der Waals surface area contributed by atoms with Crippen molar-refractivity contribution in [1.29, 1.82) is 0 Å². The lowest BCUT2D eigenvalue weighted by Crippen LogP contribution is -2.37. The third-order valence-corrected chi connectivity index (χ3v) is 3.87. The van der Waals surface area contributed by atoms with Gasteiger partial charge in [-0.15, -0.1) is 10.2 Å². The van der Waals surface area contributed by atoms with Crippen molar-refractivity contribution in [3.05, 3.63) is 36.2 Å². The molecule has 1 fully saturated rings. The highest BCUT2D eigenvalue weighted by molar-refractivity contribution is 5.51. The van der Waals surface area contributed by atoms with Crippen LogP contribution in [0, 0.1) is 0 Å². The second-order valence-corrected chi connectivity index (χ2v) is 5.25. The van der Waals surface area contributed by atoms with Crippen LogP contribution in [0.4, 0.5) is 0 Å². The molecule has 1 atom stereocenters. The fourth-order valence-electron chi connectivity index (χ4n) is 2.53. The molecule has 3 rings (SSSR count). The molecule has 1 saturated heterocycles. The van der Waals surface area contributed by atoms with Crippen molar-refractivity contribution in [2.24, 2.45) is 0 Å². The minimum atomic E-state index is -0.166. The first-order chi connectivity index (χ1) is 9.74. The molecule has 1 aromatic heterocycles.